The Morgan fingerprint density at radius 2 is 1.95 bits per heavy atom. The second-order valence-corrected chi connectivity index (χ2v) is 5.59. The molecule has 0 bridgehead atoms. The summed E-state index contributed by atoms with van der Waals surface area (Å²) in [5.41, 5.74) is 5.63. The fourth-order valence-electron chi connectivity index (χ4n) is 2.65. The van der Waals surface area contributed by atoms with Crippen LogP contribution in [-0.4, -0.2) is 29.9 Å². The lowest BCUT2D eigenvalue weighted by Crippen LogP contribution is -2.39. The molecule has 1 unspecified atom stereocenters. The molecule has 0 saturated carbocycles. The van der Waals surface area contributed by atoms with E-state index < -0.39 is 0 Å². The number of nitrogens with zero attached hydrogens (tertiary/aromatic N) is 4. The van der Waals surface area contributed by atoms with Crippen molar-refractivity contribution in [3.63, 3.8) is 0 Å². The molecule has 0 radical (unpaired) electrons. The Hall–Kier alpha value is -1.93. The van der Waals surface area contributed by atoms with Gasteiger partial charge in [0.25, 0.3) is 5.56 Å². The Bertz CT molecular complexity index is 784. The molecule has 0 amide bonds. The van der Waals surface area contributed by atoms with Crippen LogP contribution in [0.5, 0.6) is 0 Å². The highest BCUT2D eigenvalue weighted by Gasteiger charge is 2.17. The number of nitrogens with two attached hydrogens (primary N) is 1. The van der Waals surface area contributed by atoms with Crippen LogP contribution in [0, 0.1) is 6.92 Å². The number of rotatable bonds is 6. The molecule has 0 aliphatic carbocycles. The van der Waals surface area contributed by atoms with Gasteiger partial charge in [-0.1, -0.05) is 0 Å². The smallest absolute Gasteiger partial charge is 0.332 e. The quantitative estimate of drug-likeness (QED) is 0.711. The molecule has 0 spiro atoms. The summed E-state index contributed by atoms with van der Waals surface area (Å²) < 4.78 is 4.27. The highest BCUT2D eigenvalue weighted by atomic mass is 16.3. The van der Waals surface area contributed by atoms with Crippen molar-refractivity contribution in [3.8, 4) is 0 Å². The predicted molar refractivity (Wildman–Crippen MR) is 83.7 cm³/mol. The van der Waals surface area contributed by atoms with Crippen LogP contribution in [0.2, 0.25) is 0 Å². The highest BCUT2D eigenvalue weighted by Crippen LogP contribution is 2.09. The first kappa shape index (κ1) is 16.4. The second-order valence-electron chi connectivity index (χ2n) is 5.59. The lowest BCUT2D eigenvalue weighted by Gasteiger charge is -2.10. The van der Waals surface area contributed by atoms with Crippen molar-refractivity contribution in [1.82, 2.24) is 18.7 Å². The molecule has 0 fully saturated rings. The van der Waals surface area contributed by atoms with Gasteiger partial charge in [-0.2, -0.15) is 0 Å². The molecule has 2 rings (SSSR count). The number of aliphatic hydroxyl groups excluding tert-OH is 1. The number of aromatic nitrogens is 4. The van der Waals surface area contributed by atoms with E-state index in [-0.39, 0.29) is 29.5 Å². The van der Waals surface area contributed by atoms with Crippen LogP contribution in [0.4, 0.5) is 0 Å². The van der Waals surface area contributed by atoms with E-state index in [1.165, 1.54) is 9.13 Å². The topological polar surface area (TPSA) is 108 Å². The third-order valence-corrected chi connectivity index (χ3v) is 3.85. The summed E-state index contributed by atoms with van der Waals surface area (Å²) >= 11 is 0. The number of aliphatic hydroxyl groups is 1. The Morgan fingerprint density at radius 1 is 1.27 bits per heavy atom. The van der Waals surface area contributed by atoms with Crippen LogP contribution in [0.1, 0.15) is 32.0 Å². The fraction of sp³-hybridized carbons (Fsp3) is 0.643. The molecule has 0 aliphatic rings. The van der Waals surface area contributed by atoms with Crippen LogP contribution in [-0.2, 0) is 20.3 Å². The first-order chi connectivity index (χ1) is 10.4. The molecule has 0 aliphatic heterocycles. The number of hydrogen-bond donors (Lipinski definition) is 2. The Morgan fingerprint density at radius 3 is 2.55 bits per heavy atom. The highest BCUT2D eigenvalue weighted by molar-refractivity contribution is 5.70. The minimum absolute atomic E-state index is 0.160. The fourth-order valence-corrected chi connectivity index (χ4v) is 2.65. The average Bonchev–Trinajstić information content (AvgIpc) is 2.80. The zero-order valence-electron chi connectivity index (χ0n) is 13.2. The number of unbranched alkanes of at least 4 members (excludes halogenated alkanes) is 1. The van der Waals surface area contributed by atoms with E-state index in [4.69, 9.17) is 5.73 Å². The lowest BCUT2D eigenvalue weighted by molar-refractivity contribution is 0.180. The molecule has 1 atom stereocenters. The predicted octanol–water partition coefficient (Wildman–Crippen LogP) is -0.328. The van der Waals surface area contributed by atoms with Crippen molar-refractivity contribution in [3.05, 3.63) is 26.7 Å². The van der Waals surface area contributed by atoms with E-state index in [0.717, 1.165) is 6.42 Å². The van der Waals surface area contributed by atoms with E-state index in [9.17, 15) is 14.7 Å². The first-order valence-electron chi connectivity index (χ1n) is 7.43. The number of hydrogen-bond acceptors (Lipinski definition) is 5. The maximum atomic E-state index is 12.5. The van der Waals surface area contributed by atoms with Gasteiger partial charge in [0.1, 0.15) is 5.82 Å². The van der Waals surface area contributed by atoms with E-state index >= 15 is 0 Å². The van der Waals surface area contributed by atoms with E-state index in [0.29, 0.717) is 30.9 Å². The van der Waals surface area contributed by atoms with Gasteiger partial charge in [-0.05, 0) is 33.1 Å². The van der Waals surface area contributed by atoms with Crippen molar-refractivity contribution in [2.24, 2.45) is 12.8 Å². The van der Waals surface area contributed by atoms with Gasteiger partial charge in [-0.15, -0.1) is 0 Å². The van der Waals surface area contributed by atoms with Gasteiger partial charge in [0.2, 0.25) is 0 Å². The molecule has 8 heteroatoms. The molecule has 122 valence electrons. The van der Waals surface area contributed by atoms with Crippen molar-refractivity contribution < 1.29 is 5.11 Å². The molecule has 3 N–H and O–H groups in total. The zero-order valence-corrected chi connectivity index (χ0v) is 13.2. The summed E-state index contributed by atoms with van der Waals surface area (Å²) in [7, 11) is 1.61. The van der Waals surface area contributed by atoms with Crippen molar-refractivity contribution in [1.29, 1.82) is 0 Å². The van der Waals surface area contributed by atoms with Gasteiger partial charge in [0, 0.05) is 13.6 Å². The molecule has 8 nitrogen and oxygen atoms in total. The monoisotopic (exact) mass is 309 g/mol. The van der Waals surface area contributed by atoms with Crippen LogP contribution in [0.15, 0.2) is 9.59 Å². The summed E-state index contributed by atoms with van der Waals surface area (Å²) in [4.78, 5) is 29.2. The van der Waals surface area contributed by atoms with Gasteiger partial charge in [0.15, 0.2) is 11.2 Å². The molecule has 0 saturated heterocycles. The van der Waals surface area contributed by atoms with Crippen LogP contribution >= 0.6 is 0 Å². The average molecular weight is 309 g/mol. The van der Waals surface area contributed by atoms with Crippen LogP contribution in [0.3, 0.4) is 0 Å². The number of fused-ring (bicyclic) bond motifs is 1. The Labute approximate surface area is 127 Å². The van der Waals surface area contributed by atoms with E-state index in [1.807, 2.05) is 0 Å². The molecular formula is C14H23N5O3. The second kappa shape index (κ2) is 6.45. The van der Waals surface area contributed by atoms with Crippen molar-refractivity contribution in [2.45, 2.75) is 52.4 Å². The molecule has 2 heterocycles. The minimum atomic E-state index is -0.384. The summed E-state index contributed by atoms with van der Waals surface area (Å²) in [6.45, 7) is 3.96. The van der Waals surface area contributed by atoms with Gasteiger partial charge in [-0.3, -0.25) is 13.9 Å². The third kappa shape index (κ3) is 2.84. The zero-order chi connectivity index (χ0) is 16.4. The van der Waals surface area contributed by atoms with E-state index in [1.54, 1.807) is 25.5 Å². The van der Waals surface area contributed by atoms with Gasteiger partial charge in [0.05, 0.1) is 12.8 Å². The first-order valence-corrected chi connectivity index (χ1v) is 7.43. The number of imidazole rings is 1. The van der Waals surface area contributed by atoms with Crippen LogP contribution < -0.4 is 17.0 Å². The standard InChI is InChI=1S/C14H23N5O3/c1-9(20)6-4-5-7-18-13(21)11-12(17(3)14(18)22)19(8-15)10(2)16-11/h9,20H,4-8,15H2,1-3H3. The molecule has 2 aromatic rings. The normalized spacial score (nSPS) is 13.0. The van der Waals surface area contributed by atoms with Crippen molar-refractivity contribution >= 4 is 11.2 Å². The van der Waals surface area contributed by atoms with Gasteiger partial charge in [-0.25, -0.2) is 9.78 Å². The summed E-state index contributed by atoms with van der Waals surface area (Å²) in [5, 5.41) is 9.25. The lowest BCUT2D eigenvalue weighted by atomic mass is 10.2. The summed E-state index contributed by atoms with van der Waals surface area (Å²) in [6.07, 6.45) is 1.69. The molecule has 2 aromatic heterocycles. The summed E-state index contributed by atoms with van der Waals surface area (Å²) in [6, 6.07) is 0. The largest absolute Gasteiger partial charge is 0.393 e. The maximum Gasteiger partial charge on any atom is 0.332 e. The van der Waals surface area contributed by atoms with Crippen LogP contribution in [0.25, 0.3) is 11.2 Å². The third-order valence-electron chi connectivity index (χ3n) is 3.85. The SMILES string of the molecule is Cc1nc2c(=O)n(CCCCC(C)O)c(=O)n(C)c2n1CN. The summed E-state index contributed by atoms with van der Waals surface area (Å²) in [5.74, 6) is 0.608. The Balaban J connectivity index is 2.45. The minimum Gasteiger partial charge on any atom is -0.393 e. The molecule has 0 aromatic carbocycles. The molecular weight excluding hydrogens is 286 g/mol. The number of aryl methyl sites for hydroxylation is 2. The van der Waals surface area contributed by atoms with Crippen molar-refractivity contribution in [2.75, 3.05) is 0 Å². The van der Waals surface area contributed by atoms with Gasteiger partial charge < -0.3 is 15.4 Å². The molecule has 22 heavy (non-hydrogen) atoms. The maximum absolute atomic E-state index is 12.5. The Kier molecular flexibility index (Phi) is 4.82. The van der Waals surface area contributed by atoms with E-state index in [2.05, 4.69) is 4.98 Å². The van der Waals surface area contributed by atoms with Gasteiger partial charge >= 0.3 is 5.69 Å².